The lowest BCUT2D eigenvalue weighted by Gasteiger charge is -2.13. The molecule has 2 aromatic carbocycles. The first-order chi connectivity index (χ1) is 11.8. The minimum Gasteiger partial charge on any atom is -0.495 e. The summed E-state index contributed by atoms with van der Waals surface area (Å²) in [5.41, 5.74) is 1.32. The third-order valence-electron chi connectivity index (χ3n) is 3.42. The van der Waals surface area contributed by atoms with Crippen LogP contribution in [0, 0.1) is 5.92 Å². The van der Waals surface area contributed by atoms with Crippen LogP contribution in [-0.2, 0) is 4.79 Å². The van der Waals surface area contributed by atoms with Gasteiger partial charge in [-0.15, -0.1) is 0 Å². The number of anilines is 2. The number of benzene rings is 2. The Balaban J connectivity index is 2.24. The predicted molar refractivity (Wildman–Crippen MR) is 101 cm³/mol. The molecule has 2 aromatic rings. The summed E-state index contributed by atoms with van der Waals surface area (Å²) in [5.74, 6) is -0.236. The second kappa shape index (κ2) is 8.23. The number of amides is 2. The number of methoxy groups -OCH3 is 1. The Morgan fingerprint density at radius 2 is 1.72 bits per heavy atom. The van der Waals surface area contributed by atoms with Gasteiger partial charge in [-0.3, -0.25) is 9.59 Å². The minimum atomic E-state index is -0.346. The number of ether oxygens (including phenoxy) is 1. The Morgan fingerprint density at radius 1 is 1.00 bits per heavy atom. The van der Waals surface area contributed by atoms with Crippen molar-refractivity contribution in [1.29, 1.82) is 0 Å². The van der Waals surface area contributed by atoms with Crippen LogP contribution in [0.5, 0.6) is 5.75 Å². The number of carbonyl (C=O) groups is 2. The molecule has 0 heterocycles. The average molecular weight is 381 g/mol. The number of rotatable bonds is 5. The number of hydrogen-bond donors (Lipinski definition) is 2. The van der Waals surface area contributed by atoms with E-state index in [1.807, 2.05) is 0 Å². The second-order valence-electron chi connectivity index (χ2n) is 5.64. The van der Waals surface area contributed by atoms with Gasteiger partial charge in [0.25, 0.3) is 5.91 Å². The Morgan fingerprint density at radius 3 is 2.32 bits per heavy atom. The maximum absolute atomic E-state index is 12.4. The molecular weight excluding hydrogens is 363 g/mol. The van der Waals surface area contributed by atoms with Gasteiger partial charge in [0.1, 0.15) is 5.75 Å². The van der Waals surface area contributed by atoms with Gasteiger partial charge >= 0.3 is 0 Å². The molecule has 0 aromatic heterocycles. The molecule has 132 valence electrons. The van der Waals surface area contributed by atoms with Gasteiger partial charge in [0.2, 0.25) is 5.91 Å². The molecule has 2 rings (SSSR count). The molecule has 0 unspecified atom stereocenters. The standard InChI is InChI=1S/C18H18Cl2N2O3/c1-10(2)17(23)22-15-8-11(4-7-16(15)25-3)18(24)21-12-5-6-13(19)14(20)9-12/h4-10H,1-3H3,(H,21,24)(H,22,23). The molecule has 0 aliphatic heterocycles. The number of hydrogen-bond acceptors (Lipinski definition) is 3. The molecule has 2 amide bonds. The van der Waals surface area contributed by atoms with E-state index in [2.05, 4.69) is 10.6 Å². The van der Waals surface area contributed by atoms with Crippen molar-refractivity contribution in [1.82, 2.24) is 0 Å². The van der Waals surface area contributed by atoms with Gasteiger partial charge in [0.15, 0.2) is 0 Å². The van der Waals surface area contributed by atoms with Crippen LogP contribution >= 0.6 is 23.2 Å². The molecular formula is C18H18Cl2N2O3. The molecule has 0 aliphatic rings. The van der Waals surface area contributed by atoms with Gasteiger partial charge in [0.05, 0.1) is 22.8 Å². The van der Waals surface area contributed by atoms with E-state index in [0.717, 1.165) is 0 Å². The Hall–Kier alpha value is -2.24. The lowest BCUT2D eigenvalue weighted by atomic mass is 10.1. The number of carbonyl (C=O) groups excluding carboxylic acids is 2. The molecule has 0 spiro atoms. The van der Waals surface area contributed by atoms with Crippen molar-refractivity contribution in [2.24, 2.45) is 5.92 Å². The molecule has 0 fully saturated rings. The summed E-state index contributed by atoms with van der Waals surface area (Å²) in [5, 5.41) is 6.24. The lowest BCUT2D eigenvalue weighted by molar-refractivity contribution is -0.118. The van der Waals surface area contributed by atoms with E-state index in [1.165, 1.54) is 7.11 Å². The topological polar surface area (TPSA) is 67.4 Å². The van der Waals surface area contributed by atoms with Crippen LogP contribution in [0.25, 0.3) is 0 Å². The van der Waals surface area contributed by atoms with Crippen molar-refractivity contribution in [3.05, 3.63) is 52.0 Å². The summed E-state index contributed by atoms with van der Waals surface area (Å²) in [7, 11) is 1.50. The van der Waals surface area contributed by atoms with Crippen molar-refractivity contribution in [2.45, 2.75) is 13.8 Å². The van der Waals surface area contributed by atoms with E-state index in [1.54, 1.807) is 50.2 Å². The largest absolute Gasteiger partial charge is 0.495 e. The van der Waals surface area contributed by atoms with Gasteiger partial charge < -0.3 is 15.4 Å². The zero-order valence-electron chi connectivity index (χ0n) is 14.0. The maximum Gasteiger partial charge on any atom is 0.255 e. The second-order valence-corrected chi connectivity index (χ2v) is 6.46. The first kappa shape index (κ1) is 19.1. The molecule has 0 radical (unpaired) electrons. The number of halogens is 2. The summed E-state index contributed by atoms with van der Waals surface area (Å²) in [6.07, 6.45) is 0. The summed E-state index contributed by atoms with van der Waals surface area (Å²) >= 11 is 11.8. The molecule has 0 bridgehead atoms. The fraction of sp³-hybridized carbons (Fsp3) is 0.222. The zero-order chi connectivity index (χ0) is 18.6. The van der Waals surface area contributed by atoms with Gasteiger partial charge in [0, 0.05) is 17.2 Å². The number of nitrogens with one attached hydrogen (secondary N) is 2. The summed E-state index contributed by atoms with van der Waals surface area (Å²) < 4.78 is 5.23. The summed E-state index contributed by atoms with van der Waals surface area (Å²) in [6.45, 7) is 3.56. The molecule has 2 N–H and O–H groups in total. The van der Waals surface area contributed by atoms with Crippen LogP contribution in [0.2, 0.25) is 10.0 Å². The molecule has 0 aliphatic carbocycles. The highest BCUT2D eigenvalue weighted by Gasteiger charge is 2.14. The third-order valence-corrected chi connectivity index (χ3v) is 4.16. The average Bonchev–Trinajstić information content (AvgIpc) is 2.58. The van der Waals surface area contributed by atoms with Gasteiger partial charge in [-0.05, 0) is 36.4 Å². The van der Waals surface area contributed by atoms with Crippen LogP contribution in [0.15, 0.2) is 36.4 Å². The quantitative estimate of drug-likeness (QED) is 0.778. The minimum absolute atomic E-state index is 0.166. The molecule has 0 saturated carbocycles. The summed E-state index contributed by atoms with van der Waals surface area (Å²) in [6, 6.07) is 9.61. The maximum atomic E-state index is 12.4. The van der Waals surface area contributed by atoms with Crippen LogP contribution < -0.4 is 15.4 Å². The molecule has 7 heteroatoms. The van der Waals surface area contributed by atoms with Crippen molar-refractivity contribution >= 4 is 46.4 Å². The highest BCUT2D eigenvalue weighted by Crippen LogP contribution is 2.28. The fourth-order valence-corrected chi connectivity index (χ4v) is 2.30. The van der Waals surface area contributed by atoms with Crippen LogP contribution in [-0.4, -0.2) is 18.9 Å². The Kier molecular flexibility index (Phi) is 6.28. The molecule has 25 heavy (non-hydrogen) atoms. The molecule has 0 atom stereocenters. The van der Waals surface area contributed by atoms with E-state index in [9.17, 15) is 9.59 Å². The van der Waals surface area contributed by atoms with Crippen LogP contribution in [0.3, 0.4) is 0 Å². The fourth-order valence-electron chi connectivity index (χ4n) is 2.00. The SMILES string of the molecule is COc1ccc(C(=O)Nc2ccc(Cl)c(Cl)c2)cc1NC(=O)C(C)C. The van der Waals surface area contributed by atoms with Gasteiger partial charge in [-0.25, -0.2) is 0 Å². The first-order valence-electron chi connectivity index (χ1n) is 7.57. The van der Waals surface area contributed by atoms with E-state index < -0.39 is 0 Å². The van der Waals surface area contributed by atoms with Crippen molar-refractivity contribution in [2.75, 3.05) is 17.7 Å². The van der Waals surface area contributed by atoms with E-state index >= 15 is 0 Å². The predicted octanol–water partition coefficient (Wildman–Crippen LogP) is 4.85. The molecule has 5 nitrogen and oxygen atoms in total. The molecule has 0 saturated heterocycles. The van der Waals surface area contributed by atoms with Crippen LogP contribution in [0.1, 0.15) is 24.2 Å². The third kappa shape index (κ3) is 4.87. The normalized spacial score (nSPS) is 10.5. The van der Waals surface area contributed by atoms with E-state index in [-0.39, 0.29) is 17.7 Å². The Bertz CT molecular complexity index is 807. The van der Waals surface area contributed by atoms with Gasteiger partial charge in [-0.2, -0.15) is 0 Å². The van der Waals surface area contributed by atoms with Crippen molar-refractivity contribution in [3.63, 3.8) is 0 Å². The lowest BCUT2D eigenvalue weighted by Crippen LogP contribution is -2.19. The van der Waals surface area contributed by atoms with Crippen molar-refractivity contribution < 1.29 is 14.3 Å². The van der Waals surface area contributed by atoms with Crippen molar-refractivity contribution in [3.8, 4) is 5.75 Å². The first-order valence-corrected chi connectivity index (χ1v) is 8.32. The zero-order valence-corrected chi connectivity index (χ0v) is 15.5. The Labute approximate surface area is 156 Å². The summed E-state index contributed by atoms with van der Waals surface area (Å²) in [4.78, 5) is 24.4. The highest BCUT2D eigenvalue weighted by atomic mass is 35.5. The van der Waals surface area contributed by atoms with E-state index in [4.69, 9.17) is 27.9 Å². The highest BCUT2D eigenvalue weighted by molar-refractivity contribution is 6.42. The van der Waals surface area contributed by atoms with E-state index in [0.29, 0.717) is 32.7 Å². The van der Waals surface area contributed by atoms with Gasteiger partial charge in [-0.1, -0.05) is 37.0 Å². The monoisotopic (exact) mass is 380 g/mol. The smallest absolute Gasteiger partial charge is 0.255 e. The van der Waals surface area contributed by atoms with Crippen LogP contribution in [0.4, 0.5) is 11.4 Å².